The van der Waals surface area contributed by atoms with Crippen molar-refractivity contribution in [2.75, 3.05) is 11.9 Å². The third-order valence-corrected chi connectivity index (χ3v) is 5.16. The van der Waals surface area contributed by atoms with Crippen molar-refractivity contribution in [1.82, 2.24) is 4.98 Å². The first-order valence-corrected chi connectivity index (χ1v) is 8.97. The smallest absolute Gasteiger partial charge is 0.142 e. The molecule has 2 aliphatic rings. The highest BCUT2D eigenvalue weighted by atomic mass is 16.5. The third kappa shape index (κ3) is 2.68. The first-order chi connectivity index (χ1) is 11.9. The Morgan fingerprint density at radius 2 is 2.21 bits per heavy atom. The molecular formula is C21H24N2O. The Morgan fingerprint density at radius 3 is 3.04 bits per heavy atom. The molecule has 0 amide bonds. The fourth-order valence-corrected chi connectivity index (χ4v) is 3.93. The molecule has 3 heteroatoms. The van der Waals surface area contributed by atoms with Crippen LogP contribution in [0.25, 0.3) is 0 Å². The molecule has 2 heterocycles. The molecule has 1 aromatic heterocycles. The summed E-state index contributed by atoms with van der Waals surface area (Å²) in [7, 11) is 0. The van der Waals surface area contributed by atoms with Crippen LogP contribution < -0.4 is 10.1 Å². The lowest BCUT2D eigenvalue weighted by Crippen LogP contribution is -2.29. The van der Waals surface area contributed by atoms with Crippen LogP contribution in [0.2, 0.25) is 0 Å². The van der Waals surface area contributed by atoms with Gasteiger partial charge in [-0.2, -0.15) is 0 Å². The average molecular weight is 320 g/mol. The van der Waals surface area contributed by atoms with Crippen LogP contribution in [0.15, 0.2) is 54.9 Å². The summed E-state index contributed by atoms with van der Waals surface area (Å²) in [6.07, 6.45) is 11.8. The number of ether oxygens (including phenoxy) is 1. The van der Waals surface area contributed by atoms with E-state index in [4.69, 9.17) is 4.74 Å². The molecule has 3 nitrogen and oxygen atoms in total. The second-order valence-corrected chi connectivity index (χ2v) is 6.68. The van der Waals surface area contributed by atoms with Crippen LogP contribution in [0.4, 0.5) is 5.69 Å². The van der Waals surface area contributed by atoms with Crippen molar-refractivity contribution in [3.63, 3.8) is 0 Å². The maximum Gasteiger partial charge on any atom is 0.142 e. The predicted molar refractivity (Wildman–Crippen MR) is 97.4 cm³/mol. The van der Waals surface area contributed by atoms with Gasteiger partial charge in [0.25, 0.3) is 0 Å². The molecule has 3 unspecified atom stereocenters. The minimum absolute atomic E-state index is 0.280. The summed E-state index contributed by atoms with van der Waals surface area (Å²) in [4.78, 5) is 4.32. The van der Waals surface area contributed by atoms with Gasteiger partial charge in [-0.3, -0.25) is 4.98 Å². The van der Waals surface area contributed by atoms with E-state index in [1.165, 1.54) is 11.1 Å². The first-order valence-electron chi connectivity index (χ1n) is 8.97. The maximum absolute atomic E-state index is 6.08. The van der Waals surface area contributed by atoms with E-state index in [-0.39, 0.29) is 6.04 Å². The van der Waals surface area contributed by atoms with Gasteiger partial charge in [-0.25, -0.2) is 0 Å². The molecule has 0 saturated heterocycles. The van der Waals surface area contributed by atoms with E-state index in [1.54, 1.807) is 0 Å². The molecule has 0 saturated carbocycles. The van der Waals surface area contributed by atoms with Gasteiger partial charge in [0.2, 0.25) is 0 Å². The Kier molecular flexibility index (Phi) is 4.24. The molecule has 1 N–H and O–H groups in total. The number of hydrogen-bond acceptors (Lipinski definition) is 3. The van der Waals surface area contributed by atoms with Gasteiger partial charge >= 0.3 is 0 Å². The SMILES string of the molecule is CCCCOc1cccc2c1NC(c1cccnc1)C1CC=CC21. The number of fused-ring (bicyclic) bond motifs is 3. The summed E-state index contributed by atoms with van der Waals surface area (Å²) in [6.45, 7) is 2.96. The highest BCUT2D eigenvalue weighted by molar-refractivity contribution is 5.67. The minimum Gasteiger partial charge on any atom is -0.491 e. The van der Waals surface area contributed by atoms with Crippen LogP contribution in [0.1, 0.15) is 49.3 Å². The fraction of sp³-hybridized carbons (Fsp3) is 0.381. The maximum atomic E-state index is 6.08. The second kappa shape index (κ2) is 6.68. The molecule has 124 valence electrons. The van der Waals surface area contributed by atoms with Crippen molar-refractivity contribution in [2.24, 2.45) is 5.92 Å². The van der Waals surface area contributed by atoms with E-state index in [9.17, 15) is 0 Å². The predicted octanol–water partition coefficient (Wildman–Crippen LogP) is 5.09. The monoisotopic (exact) mass is 320 g/mol. The van der Waals surface area contributed by atoms with E-state index in [0.29, 0.717) is 11.8 Å². The number of unbranched alkanes of at least 4 members (excludes halogenated alkanes) is 1. The summed E-state index contributed by atoms with van der Waals surface area (Å²) >= 11 is 0. The summed E-state index contributed by atoms with van der Waals surface area (Å²) in [5.41, 5.74) is 3.78. The fourth-order valence-electron chi connectivity index (χ4n) is 3.93. The van der Waals surface area contributed by atoms with Crippen molar-refractivity contribution in [3.05, 3.63) is 66.0 Å². The molecule has 2 aromatic rings. The van der Waals surface area contributed by atoms with E-state index in [2.05, 4.69) is 53.6 Å². The van der Waals surface area contributed by atoms with Gasteiger partial charge in [0.15, 0.2) is 0 Å². The van der Waals surface area contributed by atoms with Crippen molar-refractivity contribution in [2.45, 2.75) is 38.1 Å². The lowest BCUT2D eigenvalue weighted by atomic mass is 9.77. The molecule has 3 atom stereocenters. The third-order valence-electron chi connectivity index (χ3n) is 5.16. The zero-order chi connectivity index (χ0) is 16.4. The standard InChI is InChI=1S/C21H24N2O/c1-2-3-13-24-19-11-5-10-18-16-8-4-9-17(16)20(23-21(18)19)15-7-6-12-22-14-15/h4-8,10-12,14,16-17,20,23H,2-3,9,13H2,1H3. The first kappa shape index (κ1) is 15.3. The van der Waals surface area contributed by atoms with Gasteiger partial charge in [0.1, 0.15) is 5.75 Å². The number of benzene rings is 1. The number of pyridine rings is 1. The second-order valence-electron chi connectivity index (χ2n) is 6.68. The zero-order valence-corrected chi connectivity index (χ0v) is 14.1. The van der Waals surface area contributed by atoms with E-state index in [0.717, 1.165) is 37.3 Å². The molecule has 0 fully saturated rings. The topological polar surface area (TPSA) is 34.1 Å². The Balaban J connectivity index is 1.70. The van der Waals surface area contributed by atoms with E-state index in [1.807, 2.05) is 18.5 Å². The normalized spacial score (nSPS) is 24.1. The lowest BCUT2D eigenvalue weighted by Gasteiger charge is -2.38. The van der Waals surface area contributed by atoms with Gasteiger partial charge in [0, 0.05) is 18.3 Å². The summed E-state index contributed by atoms with van der Waals surface area (Å²) in [5.74, 6) is 1.99. The van der Waals surface area contributed by atoms with Crippen LogP contribution in [-0.2, 0) is 0 Å². The number of nitrogens with zero attached hydrogens (tertiary/aromatic N) is 1. The van der Waals surface area contributed by atoms with Crippen molar-refractivity contribution in [3.8, 4) is 5.75 Å². The molecule has 0 spiro atoms. The Bertz CT molecular complexity index is 726. The number of allylic oxidation sites excluding steroid dienone is 2. The number of anilines is 1. The van der Waals surface area contributed by atoms with Crippen LogP contribution in [0.3, 0.4) is 0 Å². The van der Waals surface area contributed by atoms with Crippen molar-refractivity contribution < 1.29 is 4.74 Å². The summed E-state index contributed by atoms with van der Waals surface area (Å²) < 4.78 is 6.08. The number of aromatic nitrogens is 1. The Morgan fingerprint density at radius 1 is 1.25 bits per heavy atom. The molecule has 1 aliphatic heterocycles. The molecule has 24 heavy (non-hydrogen) atoms. The summed E-state index contributed by atoms with van der Waals surface area (Å²) in [6, 6.07) is 10.9. The molecule has 1 aliphatic carbocycles. The highest BCUT2D eigenvalue weighted by Gasteiger charge is 2.38. The number of nitrogens with one attached hydrogen (secondary N) is 1. The minimum atomic E-state index is 0.280. The van der Waals surface area contributed by atoms with Crippen molar-refractivity contribution >= 4 is 5.69 Å². The molecule has 0 bridgehead atoms. The average Bonchev–Trinajstić information content (AvgIpc) is 3.12. The van der Waals surface area contributed by atoms with Gasteiger partial charge in [-0.05, 0) is 42.0 Å². The van der Waals surface area contributed by atoms with Crippen molar-refractivity contribution in [1.29, 1.82) is 0 Å². The van der Waals surface area contributed by atoms with E-state index >= 15 is 0 Å². The Labute approximate surface area is 143 Å². The van der Waals surface area contributed by atoms with Gasteiger partial charge < -0.3 is 10.1 Å². The zero-order valence-electron chi connectivity index (χ0n) is 14.1. The Hall–Kier alpha value is -2.29. The summed E-state index contributed by atoms with van der Waals surface area (Å²) in [5, 5.41) is 3.78. The van der Waals surface area contributed by atoms with Crippen LogP contribution >= 0.6 is 0 Å². The van der Waals surface area contributed by atoms with Crippen LogP contribution in [0.5, 0.6) is 5.75 Å². The number of hydrogen-bond donors (Lipinski definition) is 1. The van der Waals surface area contributed by atoms with Gasteiger partial charge in [-0.1, -0.05) is 43.7 Å². The van der Waals surface area contributed by atoms with E-state index < -0.39 is 0 Å². The van der Waals surface area contributed by atoms with Gasteiger partial charge in [-0.15, -0.1) is 0 Å². The lowest BCUT2D eigenvalue weighted by molar-refractivity contribution is 0.308. The quantitative estimate of drug-likeness (QED) is 0.615. The number of para-hydroxylation sites is 1. The molecule has 4 rings (SSSR count). The molecular weight excluding hydrogens is 296 g/mol. The van der Waals surface area contributed by atoms with Gasteiger partial charge in [0.05, 0.1) is 18.3 Å². The van der Waals surface area contributed by atoms with Crippen LogP contribution in [-0.4, -0.2) is 11.6 Å². The highest BCUT2D eigenvalue weighted by Crippen LogP contribution is 2.52. The molecule has 1 aromatic carbocycles. The largest absolute Gasteiger partial charge is 0.491 e. The molecule has 0 radical (unpaired) electrons. The van der Waals surface area contributed by atoms with Crippen LogP contribution in [0, 0.1) is 5.92 Å². The number of rotatable bonds is 5.